The fourth-order valence-electron chi connectivity index (χ4n) is 3.63. The number of para-hydroxylation sites is 1. The molecule has 0 fully saturated rings. The van der Waals surface area contributed by atoms with Crippen LogP contribution in [0.1, 0.15) is 12.5 Å². The van der Waals surface area contributed by atoms with Crippen molar-refractivity contribution in [2.24, 2.45) is 5.16 Å². The van der Waals surface area contributed by atoms with E-state index in [1.165, 1.54) is 0 Å². The van der Waals surface area contributed by atoms with Gasteiger partial charge in [0.2, 0.25) is 6.61 Å². The van der Waals surface area contributed by atoms with Crippen LogP contribution in [-0.2, 0) is 19.2 Å². The Labute approximate surface area is 247 Å². The molecular formula is C30H24Br2N2O6. The molecule has 0 heterocycles. The second-order valence-electron chi connectivity index (χ2n) is 8.25. The first-order valence-corrected chi connectivity index (χ1v) is 13.7. The molecule has 0 atom stereocenters. The van der Waals surface area contributed by atoms with Crippen molar-refractivity contribution in [1.29, 1.82) is 0 Å². The lowest BCUT2D eigenvalue weighted by Crippen LogP contribution is -2.25. The van der Waals surface area contributed by atoms with Crippen LogP contribution in [0.3, 0.4) is 0 Å². The Morgan fingerprint density at radius 2 is 1.55 bits per heavy atom. The summed E-state index contributed by atoms with van der Waals surface area (Å²) in [7, 11) is 0. The number of ether oxygens (including phenoxy) is 2. The minimum atomic E-state index is -0.607. The molecule has 1 amide bonds. The van der Waals surface area contributed by atoms with E-state index in [-0.39, 0.29) is 18.1 Å². The van der Waals surface area contributed by atoms with Gasteiger partial charge in [-0.1, -0.05) is 53.7 Å². The first-order valence-electron chi connectivity index (χ1n) is 12.1. The van der Waals surface area contributed by atoms with Gasteiger partial charge < -0.3 is 24.7 Å². The fraction of sp³-hybridized carbons (Fsp3) is 0.100. The highest BCUT2D eigenvalue weighted by molar-refractivity contribution is 9.11. The third-order valence-corrected chi connectivity index (χ3v) is 6.61. The number of carbonyl (C=O) groups is 2. The maximum Gasteiger partial charge on any atom is 0.347 e. The first-order chi connectivity index (χ1) is 19.4. The van der Waals surface area contributed by atoms with E-state index in [9.17, 15) is 14.7 Å². The minimum Gasteiger partial charge on any atom is -0.507 e. The minimum absolute atomic E-state index is 0.0721. The van der Waals surface area contributed by atoms with Crippen LogP contribution in [0.2, 0.25) is 0 Å². The van der Waals surface area contributed by atoms with Crippen molar-refractivity contribution in [3.05, 3.63) is 106 Å². The van der Waals surface area contributed by atoms with Crippen molar-refractivity contribution < 1.29 is 29.0 Å². The van der Waals surface area contributed by atoms with Gasteiger partial charge in [0.1, 0.15) is 11.5 Å². The fourth-order valence-corrected chi connectivity index (χ4v) is 4.98. The van der Waals surface area contributed by atoms with Gasteiger partial charge in [-0.25, -0.2) is 4.79 Å². The predicted octanol–water partition coefficient (Wildman–Crippen LogP) is 7.30. The van der Waals surface area contributed by atoms with E-state index in [1.54, 1.807) is 61.5 Å². The normalized spacial score (nSPS) is 11.0. The van der Waals surface area contributed by atoms with E-state index in [4.69, 9.17) is 14.3 Å². The zero-order valence-corrected chi connectivity index (χ0v) is 24.4. The maximum absolute atomic E-state index is 13.2. The van der Waals surface area contributed by atoms with Crippen LogP contribution in [0, 0.1) is 0 Å². The molecule has 4 rings (SSSR count). The number of carbonyl (C=O) groups excluding carboxylic acids is 2. The van der Waals surface area contributed by atoms with Crippen molar-refractivity contribution in [2.75, 3.05) is 18.5 Å². The van der Waals surface area contributed by atoms with E-state index in [0.717, 1.165) is 5.56 Å². The molecule has 2 N–H and O–H groups in total. The smallest absolute Gasteiger partial charge is 0.347 e. The second kappa shape index (κ2) is 13.8. The van der Waals surface area contributed by atoms with E-state index in [0.29, 0.717) is 37.3 Å². The summed E-state index contributed by atoms with van der Waals surface area (Å²) in [4.78, 5) is 30.1. The summed E-state index contributed by atoms with van der Waals surface area (Å²) in [5.41, 5.74) is 2.33. The number of nitrogens with zero attached hydrogens (tertiary/aromatic N) is 1. The van der Waals surface area contributed by atoms with E-state index in [1.807, 2.05) is 36.4 Å². The Kier molecular flexibility index (Phi) is 9.93. The lowest BCUT2D eigenvalue weighted by molar-refractivity contribution is -0.148. The molecule has 4 aromatic rings. The maximum atomic E-state index is 13.2. The standard InChI is InChI=1S/C30H24Br2N2O6/c1-2-38-27(36)18-39-34-28(30(37)33-21-11-7-4-8-12-21)20-15-24(31)29(25(32)16-20)40-22-13-14-26(35)23(17-22)19-9-5-3-6-10-19/h3-17,35H,2,18H2,1H3,(H,33,37)/b34-28+. The first kappa shape index (κ1) is 28.8. The summed E-state index contributed by atoms with van der Waals surface area (Å²) in [6.45, 7) is 1.42. The second-order valence-corrected chi connectivity index (χ2v) is 9.96. The average Bonchev–Trinajstić information content (AvgIpc) is 2.95. The highest BCUT2D eigenvalue weighted by Gasteiger charge is 2.21. The zero-order chi connectivity index (χ0) is 28.5. The number of oxime groups is 1. The summed E-state index contributed by atoms with van der Waals surface area (Å²) in [5.74, 6) is -0.111. The molecule has 10 heteroatoms. The molecule has 4 aromatic carbocycles. The van der Waals surface area contributed by atoms with Gasteiger partial charge in [0.05, 0.1) is 15.6 Å². The molecule has 0 radical (unpaired) electrons. The Hall–Kier alpha value is -4.15. The van der Waals surface area contributed by atoms with Crippen LogP contribution in [0.5, 0.6) is 17.2 Å². The van der Waals surface area contributed by atoms with E-state index < -0.39 is 18.5 Å². The van der Waals surface area contributed by atoms with E-state index >= 15 is 0 Å². The number of phenolic OH excluding ortho intramolecular Hbond substituents is 1. The molecular weight excluding hydrogens is 644 g/mol. The number of nitrogens with one attached hydrogen (secondary N) is 1. The van der Waals surface area contributed by atoms with Crippen molar-refractivity contribution >= 4 is 55.1 Å². The third-order valence-electron chi connectivity index (χ3n) is 5.43. The van der Waals surface area contributed by atoms with Gasteiger partial charge >= 0.3 is 5.97 Å². The van der Waals surface area contributed by atoms with Crippen LogP contribution in [0.4, 0.5) is 5.69 Å². The highest BCUT2D eigenvalue weighted by Crippen LogP contribution is 2.40. The Morgan fingerprint density at radius 1 is 0.900 bits per heavy atom. The number of hydrogen-bond acceptors (Lipinski definition) is 7. The number of aromatic hydroxyl groups is 1. The van der Waals surface area contributed by atoms with Gasteiger partial charge in [-0.15, -0.1) is 0 Å². The van der Waals surface area contributed by atoms with Crippen molar-refractivity contribution in [3.8, 4) is 28.4 Å². The van der Waals surface area contributed by atoms with E-state index in [2.05, 4.69) is 42.3 Å². The number of esters is 1. The SMILES string of the molecule is CCOC(=O)CO/N=C(/C(=O)Nc1ccccc1)c1cc(Br)c(Oc2ccc(O)c(-c3ccccc3)c2)c(Br)c1. The molecule has 8 nitrogen and oxygen atoms in total. The molecule has 0 unspecified atom stereocenters. The van der Waals surface area contributed by atoms with Gasteiger partial charge in [-0.3, -0.25) is 4.79 Å². The van der Waals surface area contributed by atoms with Crippen LogP contribution < -0.4 is 10.1 Å². The lowest BCUT2D eigenvalue weighted by atomic mass is 10.0. The molecule has 0 saturated carbocycles. The van der Waals surface area contributed by atoms with Crippen molar-refractivity contribution in [2.45, 2.75) is 6.92 Å². The van der Waals surface area contributed by atoms with Crippen LogP contribution >= 0.6 is 31.9 Å². The quantitative estimate of drug-likeness (QED) is 0.104. The number of halogens is 2. The molecule has 0 bridgehead atoms. The lowest BCUT2D eigenvalue weighted by Gasteiger charge is -2.14. The molecule has 0 aromatic heterocycles. The number of benzene rings is 4. The summed E-state index contributed by atoms with van der Waals surface area (Å²) in [6.07, 6.45) is 0. The average molecular weight is 668 g/mol. The van der Waals surface area contributed by atoms with Crippen LogP contribution in [0.25, 0.3) is 11.1 Å². The summed E-state index contributed by atoms with van der Waals surface area (Å²) < 4.78 is 12.0. The molecule has 204 valence electrons. The van der Waals surface area contributed by atoms with Crippen molar-refractivity contribution in [3.63, 3.8) is 0 Å². The van der Waals surface area contributed by atoms with Crippen LogP contribution in [0.15, 0.2) is 105 Å². The zero-order valence-electron chi connectivity index (χ0n) is 21.3. The summed E-state index contributed by atoms with van der Waals surface area (Å²) in [6, 6.07) is 26.6. The third kappa shape index (κ3) is 7.49. The predicted molar refractivity (Wildman–Crippen MR) is 160 cm³/mol. The largest absolute Gasteiger partial charge is 0.507 e. The number of hydrogen-bond donors (Lipinski definition) is 2. The molecule has 0 aliphatic heterocycles. The molecule has 40 heavy (non-hydrogen) atoms. The highest BCUT2D eigenvalue weighted by atomic mass is 79.9. The van der Waals surface area contributed by atoms with Gasteiger partial charge in [-0.2, -0.15) is 0 Å². The van der Waals surface area contributed by atoms with Crippen LogP contribution in [-0.4, -0.2) is 35.9 Å². The summed E-state index contributed by atoms with van der Waals surface area (Å²) >= 11 is 7.05. The van der Waals surface area contributed by atoms with Gasteiger partial charge in [0.25, 0.3) is 5.91 Å². The van der Waals surface area contributed by atoms with Crippen molar-refractivity contribution in [1.82, 2.24) is 0 Å². The van der Waals surface area contributed by atoms with Gasteiger partial charge in [0, 0.05) is 16.8 Å². The summed E-state index contributed by atoms with van der Waals surface area (Å²) in [5, 5.41) is 17.1. The number of amides is 1. The number of rotatable bonds is 10. The van der Waals surface area contributed by atoms with Gasteiger partial charge in [0.15, 0.2) is 11.5 Å². The molecule has 0 aliphatic carbocycles. The molecule has 0 aliphatic rings. The number of anilines is 1. The van der Waals surface area contributed by atoms with Gasteiger partial charge in [-0.05, 0) is 86.8 Å². The molecule has 0 saturated heterocycles. The topological polar surface area (TPSA) is 106 Å². The number of phenols is 1. The monoisotopic (exact) mass is 666 g/mol. The Bertz CT molecular complexity index is 1510. The Balaban J connectivity index is 1.63. The molecule has 0 spiro atoms. The Morgan fingerprint density at radius 3 is 2.20 bits per heavy atom.